The molecule has 2 aromatic rings. The molecule has 2 saturated heterocycles. The normalized spacial score (nSPS) is 22.4. The summed E-state index contributed by atoms with van der Waals surface area (Å²) in [6.45, 7) is 5.73. The Labute approximate surface area is 229 Å². The van der Waals surface area contributed by atoms with Gasteiger partial charge in [-0.2, -0.15) is 5.10 Å². The molecule has 3 N–H and O–H groups in total. The van der Waals surface area contributed by atoms with Crippen molar-refractivity contribution in [3.63, 3.8) is 0 Å². The number of nitrogens with zero attached hydrogens (tertiary/aromatic N) is 5. The van der Waals surface area contributed by atoms with E-state index < -0.39 is 0 Å². The van der Waals surface area contributed by atoms with E-state index in [2.05, 4.69) is 53.8 Å². The van der Waals surface area contributed by atoms with Crippen LogP contribution < -0.4 is 10.7 Å². The van der Waals surface area contributed by atoms with Gasteiger partial charge in [0, 0.05) is 49.7 Å². The van der Waals surface area contributed by atoms with E-state index in [9.17, 15) is 9.90 Å². The number of anilines is 1. The number of likely N-dealkylation sites (tertiary alicyclic amines) is 2. The standard InChI is InChI=1S/C30H37N7O2/c38-26-8-12-37(13-9-26)19-21-14-23(17-31-16-21)22-4-7-28-27(15-22)29(35-34-28)30(39)33-24-5-6-25(32-18-24)20-36-10-2-1-3-11-36/h4-6,14-18,26,28,34,38H,1-3,7-13,19-20H2,(H,33,39). The molecular weight excluding hydrogens is 490 g/mol. The number of carbonyl (C=O) groups is 1. The molecule has 5 heterocycles. The Morgan fingerprint density at radius 1 is 1.03 bits per heavy atom. The van der Waals surface area contributed by atoms with Gasteiger partial charge in [0.15, 0.2) is 5.71 Å². The van der Waals surface area contributed by atoms with Crippen molar-refractivity contribution in [1.29, 1.82) is 0 Å². The van der Waals surface area contributed by atoms with Crippen molar-refractivity contribution in [1.82, 2.24) is 25.2 Å². The number of hydrogen-bond donors (Lipinski definition) is 3. The van der Waals surface area contributed by atoms with Crippen LogP contribution in [0.1, 0.15) is 55.3 Å². The van der Waals surface area contributed by atoms with Crippen molar-refractivity contribution in [3.05, 3.63) is 71.3 Å². The molecule has 39 heavy (non-hydrogen) atoms. The lowest BCUT2D eigenvalue weighted by Crippen LogP contribution is -2.35. The van der Waals surface area contributed by atoms with Gasteiger partial charge in [-0.3, -0.25) is 24.6 Å². The number of nitrogens with one attached hydrogen (secondary N) is 2. The summed E-state index contributed by atoms with van der Waals surface area (Å²) < 4.78 is 0. The third kappa shape index (κ3) is 6.27. The van der Waals surface area contributed by atoms with Crippen molar-refractivity contribution in [2.45, 2.75) is 63.8 Å². The highest BCUT2D eigenvalue weighted by Crippen LogP contribution is 2.29. The van der Waals surface area contributed by atoms with Gasteiger partial charge in [0.1, 0.15) is 0 Å². The van der Waals surface area contributed by atoms with E-state index in [0.717, 1.165) is 86.5 Å². The van der Waals surface area contributed by atoms with Crippen LogP contribution in [0, 0.1) is 0 Å². The van der Waals surface area contributed by atoms with Crippen LogP contribution in [-0.4, -0.2) is 74.8 Å². The van der Waals surface area contributed by atoms with Gasteiger partial charge in [-0.05, 0) is 80.6 Å². The zero-order valence-electron chi connectivity index (χ0n) is 22.4. The molecule has 0 radical (unpaired) electrons. The van der Waals surface area contributed by atoms with E-state index in [1.54, 1.807) is 6.20 Å². The number of hydrogen-bond acceptors (Lipinski definition) is 8. The van der Waals surface area contributed by atoms with E-state index in [0.29, 0.717) is 11.4 Å². The van der Waals surface area contributed by atoms with Gasteiger partial charge in [0.05, 0.1) is 29.7 Å². The lowest BCUT2D eigenvalue weighted by Gasteiger charge is -2.29. The quantitative estimate of drug-likeness (QED) is 0.508. The number of amides is 1. The van der Waals surface area contributed by atoms with Crippen LogP contribution in [0.3, 0.4) is 0 Å². The molecule has 2 aromatic heterocycles. The minimum absolute atomic E-state index is 0.00420. The maximum Gasteiger partial charge on any atom is 0.276 e. The minimum Gasteiger partial charge on any atom is -0.393 e. The lowest BCUT2D eigenvalue weighted by atomic mass is 9.89. The van der Waals surface area contributed by atoms with Crippen molar-refractivity contribution in [3.8, 4) is 0 Å². The average molecular weight is 528 g/mol. The summed E-state index contributed by atoms with van der Waals surface area (Å²) >= 11 is 0. The highest BCUT2D eigenvalue weighted by molar-refractivity contribution is 6.49. The van der Waals surface area contributed by atoms with Crippen LogP contribution in [0.25, 0.3) is 5.57 Å². The van der Waals surface area contributed by atoms with E-state index in [1.807, 2.05) is 24.5 Å². The molecule has 0 bridgehead atoms. The number of pyridine rings is 2. The number of fused-ring (bicyclic) bond motifs is 1. The number of rotatable bonds is 7. The smallest absolute Gasteiger partial charge is 0.276 e. The fourth-order valence-corrected chi connectivity index (χ4v) is 5.84. The van der Waals surface area contributed by atoms with Crippen LogP contribution in [-0.2, 0) is 17.9 Å². The van der Waals surface area contributed by atoms with E-state index in [1.165, 1.54) is 19.3 Å². The van der Waals surface area contributed by atoms with Gasteiger partial charge >= 0.3 is 0 Å². The third-order valence-corrected chi connectivity index (χ3v) is 8.09. The topological polar surface area (TPSA) is 106 Å². The maximum absolute atomic E-state index is 13.2. The number of piperidine rings is 2. The van der Waals surface area contributed by atoms with Crippen molar-refractivity contribution < 1.29 is 9.90 Å². The van der Waals surface area contributed by atoms with Crippen LogP contribution in [0.4, 0.5) is 5.69 Å². The predicted octanol–water partition coefficient (Wildman–Crippen LogP) is 3.10. The molecule has 0 spiro atoms. The highest BCUT2D eigenvalue weighted by Gasteiger charge is 2.31. The Morgan fingerprint density at radius 3 is 2.64 bits per heavy atom. The molecule has 2 fully saturated rings. The summed E-state index contributed by atoms with van der Waals surface area (Å²) in [6, 6.07) is 6.09. The first kappa shape index (κ1) is 25.9. The first-order chi connectivity index (χ1) is 19.1. The molecule has 1 aliphatic carbocycles. The number of hydrazone groups is 1. The first-order valence-electron chi connectivity index (χ1n) is 14.2. The van der Waals surface area contributed by atoms with Gasteiger partial charge in [0.25, 0.3) is 5.91 Å². The monoisotopic (exact) mass is 527 g/mol. The largest absolute Gasteiger partial charge is 0.393 e. The van der Waals surface area contributed by atoms with E-state index in [4.69, 9.17) is 0 Å². The Balaban J connectivity index is 1.10. The van der Waals surface area contributed by atoms with Crippen LogP contribution in [0.2, 0.25) is 0 Å². The van der Waals surface area contributed by atoms with Gasteiger partial charge in [-0.25, -0.2) is 0 Å². The molecule has 1 unspecified atom stereocenters. The Hall–Kier alpha value is -3.40. The Morgan fingerprint density at radius 2 is 1.85 bits per heavy atom. The fraction of sp³-hybridized carbons (Fsp3) is 0.467. The molecule has 6 rings (SSSR count). The molecule has 4 aliphatic rings. The number of carbonyl (C=O) groups excluding carboxylic acids is 1. The SMILES string of the molecule is O=C(Nc1ccc(CN2CCCCC2)nc1)C1=NNC2CC=C(c3cncc(CN4CCC(O)CC4)c3)C=C12. The molecular formula is C30H37N7O2. The average Bonchev–Trinajstić information content (AvgIpc) is 3.40. The molecule has 1 atom stereocenters. The summed E-state index contributed by atoms with van der Waals surface area (Å²) in [6.07, 6.45) is 15.8. The molecule has 9 nitrogen and oxygen atoms in total. The number of aromatic nitrogens is 2. The lowest BCUT2D eigenvalue weighted by molar-refractivity contribution is -0.110. The molecule has 3 aliphatic heterocycles. The van der Waals surface area contributed by atoms with Gasteiger partial charge in [-0.15, -0.1) is 0 Å². The number of aliphatic hydroxyl groups excluding tert-OH is 1. The van der Waals surface area contributed by atoms with Crippen molar-refractivity contribution in [2.24, 2.45) is 5.10 Å². The van der Waals surface area contributed by atoms with Crippen LogP contribution >= 0.6 is 0 Å². The van der Waals surface area contributed by atoms with Crippen molar-refractivity contribution >= 4 is 22.9 Å². The first-order valence-corrected chi connectivity index (χ1v) is 14.2. The molecule has 204 valence electrons. The third-order valence-electron chi connectivity index (χ3n) is 8.09. The fourth-order valence-electron chi connectivity index (χ4n) is 5.84. The number of allylic oxidation sites excluding steroid dienone is 2. The predicted molar refractivity (Wildman–Crippen MR) is 152 cm³/mol. The molecule has 9 heteroatoms. The second-order valence-electron chi connectivity index (χ2n) is 11.1. The molecule has 0 saturated carbocycles. The zero-order valence-corrected chi connectivity index (χ0v) is 22.4. The maximum atomic E-state index is 13.2. The summed E-state index contributed by atoms with van der Waals surface area (Å²) in [5.74, 6) is -0.234. The van der Waals surface area contributed by atoms with Crippen LogP contribution in [0.15, 0.2) is 59.6 Å². The number of aliphatic hydroxyl groups is 1. The van der Waals surface area contributed by atoms with Gasteiger partial charge < -0.3 is 15.8 Å². The van der Waals surface area contributed by atoms with Crippen LogP contribution in [0.5, 0.6) is 0 Å². The van der Waals surface area contributed by atoms with E-state index >= 15 is 0 Å². The minimum atomic E-state index is -0.234. The second-order valence-corrected chi connectivity index (χ2v) is 11.1. The van der Waals surface area contributed by atoms with Crippen molar-refractivity contribution in [2.75, 3.05) is 31.5 Å². The van der Waals surface area contributed by atoms with Gasteiger partial charge in [-0.1, -0.05) is 12.5 Å². The summed E-state index contributed by atoms with van der Waals surface area (Å²) in [5.41, 5.74) is 9.37. The zero-order chi connectivity index (χ0) is 26.6. The Bertz CT molecular complexity index is 1270. The summed E-state index contributed by atoms with van der Waals surface area (Å²) in [5, 5.41) is 17.2. The van der Waals surface area contributed by atoms with E-state index in [-0.39, 0.29) is 18.1 Å². The molecule has 1 amide bonds. The Kier molecular flexibility index (Phi) is 7.81. The second kappa shape index (κ2) is 11.8. The summed E-state index contributed by atoms with van der Waals surface area (Å²) in [4.78, 5) is 27.1. The molecule has 0 aromatic carbocycles. The van der Waals surface area contributed by atoms with Gasteiger partial charge in [0.2, 0.25) is 0 Å². The highest BCUT2D eigenvalue weighted by atomic mass is 16.3. The summed E-state index contributed by atoms with van der Waals surface area (Å²) in [7, 11) is 0.